The molecule has 0 bridgehead atoms. The topological polar surface area (TPSA) is 66.8 Å². The van der Waals surface area contributed by atoms with Crippen LogP contribution < -0.4 is 0 Å². The van der Waals surface area contributed by atoms with E-state index in [2.05, 4.69) is 0 Å². The van der Waals surface area contributed by atoms with Crippen molar-refractivity contribution in [2.75, 3.05) is 13.2 Å². The number of aliphatic hydroxyl groups excluding tert-OH is 2. The first-order valence-corrected chi connectivity index (χ1v) is 6.04. The molecular formula is C11H16Cl2O4. The third kappa shape index (κ3) is 3.58. The smallest absolute Gasteiger partial charge is 0.310 e. The molecular weight excluding hydrogens is 267 g/mol. The highest BCUT2D eigenvalue weighted by Gasteiger charge is 2.61. The molecule has 0 aromatic carbocycles. The summed E-state index contributed by atoms with van der Waals surface area (Å²) >= 11 is 11.1. The lowest BCUT2D eigenvalue weighted by atomic mass is 10.1. The van der Waals surface area contributed by atoms with Crippen LogP contribution in [0.1, 0.15) is 13.8 Å². The fourth-order valence-corrected chi connectivity index (χ4v) is 2.17. The average molecular weight is 283 g/mol. The molecule has 6 heteroatoms. The van der Waals surface area contributed by atoms with Gasteiger partial charge in [0.25, 0.3) is 0 Å². The monoisotopic (exact) mass is 282 g/mol. The average Bonchev–Trinajstić information content (AvgIpc) is 2.75. The van der Waals surface area contributed by atoms with Gasteiger partial charge in [-0.15, -0.1) is 0 Å². The first kappa shape index (κ1) is 14.8. The third-order valence-electron chi connectivity index (χ3n) is 3.10. The van der Waals surface area contributed by atoms with Gasteiger partial charge in [-0.25, -0.2) is 0 Å². The van der Waals surface area contributed by atoms with Crippen LogP contribution in [0.5, 0.6) is 0 Å². The van der Waals surface area contributed by atoms with Crippen molar-refractivity contribution >= 4 is 29.2 Å². The van der Waals surface area contributed by atoms with Gasteiger partial charge in [-0.05, 0) is 17.4 Å². The summed E-state index contributed by atoms with van der Waals surface area (Å²) < 4.78 is 5.03. The van der Waals surface area contributed by atoms with E-state index in [1.165, 1.54) is 0 Å². The number of rotatable bonds is 5. The molecule has 3 atom stereocenters. The lowest BCUT2D eigenvalue weighted by Gasteiger charge is -2.08. The Labute approximate surface area is 110 Å². The first-order valence-electron chi connectivity index (χ1n) is 5.29. The van der Waals surface area contributed by atoms with Crippen LogP contribution in [0.3, 0.4) is 0 Å². The first-order chi connectivity index (χ1) is 7.80. The zero-order valence-corrected chi connectivity index (χ0v) is 11.2. The van der Waals surface area contributed by atoms with E-state index in [-0.39, 0.29) is 28.3 Å². The molecule has 0 aliphatic heterocycles. The summed E-state index contributed by atoms with van der Waals surface area (Å²) in [7, 11) is 0. The maximum absolute atomic E-state index is 11.7. The Morgan fingerprint density at radius 2 is 2.12 bits per heavy atom. The second-order valence-corrected chi connectivity index (χ2v) is 5.76. The molecule has 1 aliphatic carbocycles. The molecule has 17 heavy (non-hydrogen) atoms. The van der Waals surface area contributed by atoms with Crippen LogP contribution in [0.15, 0.2) is 10.6 Å². The largest absolute Gasteiger partial charge is 0.463 e. The molecule has 0 amide bonds. The summed E-state index contributed by atoms with van der Waals surface area (Å²) in [6, 6.07) is 0. The number of halogens is 2. The minimum atomic E-state index is -1.04. The van der Waals surface area contributed by atoms with Gasteiger partial charge < -0.3 is 14.9 Å². The van der Waals surface area contributed by atoms with Gasteiger partial charge >= 0.3 is 5.97 Å². The van der Waals surface area contributed by atoms with E-state index in [4.69, 9.17) is 38.2 Å². The molecule has 1 saturated carbocycles. The maximum Gasteiger partial charge on any atom is 0.310 e. The van der Waals surface area contributed by atoms with Crippen molar-refractivity contribution < 1.29 is 19.7 Å². The number of carbonyl (C=O) groups is 1. The molecule has 0 saturated heterocycles. The number of carbonyl (C=O) groups excluding carboxylic acids is 1. The summed E-state index contributed by atoms with van der Waals surface area (Å²) in [6.07, 6.45) is 0.587. The molecule has 2 N–H and O–H groups in total. The summed E-state index contributed by atoms with van der Waals surface area (Å²) in [4.78, 5) is 11.7. The van der Waals surface area contributed by atoms with E-state index < -0.39 is 18.7 Å². The predicted molar refractivity (Wildman–Crippen MR) is 64.6 cm³/mol. The molecule has 0 spiro atoms. The standard InChI is InChI=1S/C11H16Cl2O4/c1-11(2)7(3-8(12)13)9(11)10(16)17-5-6(15)4-14/h3,6-7,9,14-15H,4-5H2,1-2H3. The van der Waals surface area contributed by atoms with Crippen molar-refractivity contribution in [3.63, 3.8) is 0 Å². The van der Waals surface area contributed by atoms with Crippen LogP contribution in [-0.2, 0) is 9.53 Å². The van der Waals surface area contributed by atoms with E-state index in [1.807, 2.05) is 13.8 Å². The van der Waals surface area contributed by atoms with Gasteiger partial charge in [0.2, 0.25) is 0 Å². The van der Waals surface area contributed by atoms with E-state index in [1.54, 1.807) is 6.08 Å². The minimum Gasteiger partial charge on any atom is -0.463 e. The number of esters is 1. The second-order valence-electron chi connectivity index (χ2n) is 4.75. The Morgan fingerprint density at radius 1 is 1.53 bits per heavy atom. The van der Waals surface area contributed by atoms with Crippen molar-refractivity contribution in [1.29, 1.82) is 0 Å². The van der Waals surface area contributed by atoms with E-state index in [9.17, 15) is 4.79 Å². The van der Waals surface area contributed by atoms with Crippen LogP contribution in [0.4, 0.5) is 0 Å². The SMILES string of the molecule is CC1(C)C(C=C(Cl)Cl)C1C(=O)OCC(O)CO. The Bertz CT molecular complexity index is 323. The van der Waals surface area contributed by atoms with Crippen molar-refractivity contribution in [1.82, 2.24) is 0 Å². The van der Waals surface area contributed by atoms with Gasteiger partial charge in [-0.2, -0.15) is 0 Å². The molecule has 98 valence electrons. The molecule has 1 fully saturated rings. The van der Waals surface area contributed by atoms with Crippen LogP contribution in [0.2, 0.25) is 0 Å². The van der Waals surface area contributed by atoms with Crippen LogP contribution in [0.25, 0.3) is 0 Å². The van der Waals surface area contributed by atoms with Crippen molar-refractivity contribution in [2.45, 2.75) is 20.0 Å². The highest BCUT2D eigenvalue weighted by atomic mass is 35.5. The number of allylic oxidation sites excluding steroid dienone is 1. The molecule has 0 aromatic rings. The van der Waals surface area contributed by atoms with Gasteiger partial charge in [-0.1, -0.05) is 37.0 Å². The van der Waals surface area contributed by atoms with Crippen molar-refractivity contribution in [2.24, 2.45) is 17.3 Å². The molecule has 0 radical (unpaired) electrons. The van der Waals surface area contributed by atoms with Crippen LogP contribution >= 0.6 is 23.2 Å². The van der Waals surface area contributed by atoms with Crippen LogP contribution in [0, 0.1) is 17.3 Å². The quantitative estimate of drug-likeness (QED) is 0.750. The summed E-state index contributed by atoms with van der Waals surface area (Å²) in [5.74, 6) is -0.759. The van der Waals surface area contributed by atoms with Gasteiger partial charge in [0.1, 0.15) is 17.2 Å². The fraction of sp³-hybridized carbons (Fsp3) is 0.727. The van der Waals surface area contributed by atoms with E-state index >= 15 is 0 Å². The van der Waals surface area contributed by atoms with E-state index in [0.717, 1.165) is 0 Å². The Balaban J connectivity index is 2.52. The second kappa shape index (κ2) is 5.57. The molecule has 3 unspecified atom stereocenters. The lowest BCUT2D eigenvalue weighted by molar-refractivity contribution is -0.149. The van der Waals surface area contributed by atoms with Crippen LogP contribution in [-0.4, -0.2) is 35.5 Å². The Kier molecular flexibility index (Phi) is 4.84. The predicted octanol–water partition coefficient (Wildman–Crippen LogP) is 1.47. The highest BCUT2D eigenvalue weighted by molar-refractivity contribution is 6.55. The van der Waals surface area contributed by atoms with Gasteiger partial charge in [0, 0.05) is 0 Å². The highest BCUT2D eigenvalue weighted by Crippen LogP contribution is 2.60. The van der Waals surface area contributed by atoms with E-state index in [0.29, 0.717) is 0 Å². The fourth-order valence-electron chi connectivity index (χ4n) is 1.90. The van der Waals surface area contributed by atoms with Gasteiger partial charge in [0.15, 0.2) is 0 Å². The third-order valence-corrected chi connectivity index (χ3v) is 3.35. The van der Waals surface area contributed by atoms with Gasteiger partial charge in [-0.3, -0.25) is 4.79 Å². The summed E-state index contributed by atoms with van der Waals surface area (Å²) in [5, 5.41) is 17.7. The van der Waals surface area contributed by atoms with Crippen molar-refractivity contribution in [3.8, 4) is 0 Å². The zero-order valence-electron chi connectivity index (χ0n) is 9.69. The molecule has 4 nitrogen and oxygen atoms in total. The number of hydrogen-bond acceptors (Lipinski definition) is 4. The number of aliphatic hydroxyl groups is 2. The summed E-state index contributed by atoms with van der Waals surface area (Å²) in [5.41, 5.74) is -0.240. The minimum absolute atomic E-state index is 0.0498. The zero-order chi connectivity index (χ0) is 13.2. The van der Waals surface area contributed by atoms with Crippen molar-refractivity contribution in [3.05, 3.63) is 10.6 Å². The molecule has 1 rings (SSSR count). The lowest BCUT2D eigenvalue weighted by Crippen LogP contribution is -2.23. The van der Waals surface area contributed by atoms with Gasteiger partial charge in [0.05, 0.1) is 12.5 Å². The Hall–Kier alpha value is -0.290. The molecule has 0 heterocycles. The normalized spacial score (nSPS) is 27.2. The number of hydrogen-bond donors (Lipinski definition) is 2. The number of ether oxygens (including phenoxy) is 1. The molecule has 0 aromatic heterocycles. The Morgan fingerprint density at radius 3 is 2.59 bits per heavy atom. The summed E-state index contributed by atoms with van der Waals surface area (Å²) in [6.45, 7) is 3.20. The molecule has 1 aliphatic rings. The maximum atomic E-state index is 11.7.